The van der Waals surface area contributed by atoms with Crippen LogP contribution < -0.4 is 21.5 Å². The molecule has 3 amide bonds. The molecule has 0 radical (unpaired) electrons. The molecule has 2 aliphatic rings. The Morgan fingerprint density at radius 2 is 1.98 bits per heavy atom. The van der Waals surface area contributed by atoms with E-state index in [4.69, 9.17) is 16.1 Å². The van der Waals surface area contributed by atoms with Crippen LogP contribution in [0.2, 0.25) is 5.22 Å². The summed E-state index contributed by atoms with van der Waals surface area (Å²) < 4.78 is 19.5. The maximum atomic E-state index is 14.0. The van der Waals surface area contributed by atoms with E-state index in [1.165, 1.54) is 53.2 Å². The number of ketones is 1. The van der Waals surface area contributed by atoms with Crippen molar-refractivity contribution in [3.63, 3.8) is 0 Å². The molecule has 5 rings (SSSR count). The van der Waals surface area contributed by atoms with Gasteiger partial charge in [0.2, 0.25) is 17.0 Å². The molecule has 1 aliphatic carbocycles. The molecule has 11 nitrogen and oxygen atoms in total. The van der Waals surface area contributed by atoms with Gasteiger partial charge in [-0.05, 0) is 72.7 Å². The van der Waals surface area contributed by atoms with Crippen LogP contribution >= 0.6 is 11.6 Å². The molecule has 2 aromatic heterocycles. The minimum atomic E-state index is -1.13. The van der Waals surface area contributed by atoms with Crippen molar-refractivity contribution in [3.05, 3.63) is 93.0 Å². The minimum absolute atomic E-state index is 0.00560. The molecule has 43 heavy (non-hydrogen) atoms. The summed E-state index contributed by atoms with van der Waals surface area (Å²) in [6.07, 6.45) is 5.75. The maximum absolute atomic E-state index is 14.0. The summed E-state index contributed by atoms with van der Waals surface area (Å²) >= 11 is 5.70. The van der Waals surface area contributed by atoms with Crippen LogP contribution in [0, 0.1) is 11.7 Å². The Balaban J connectivity index is 1.46. The number of benzene rings is 1. The van der Waals surface area contributed by atoms with Crippen LogP contribution in [0.15, 0.2) is 69.6 Å². The summed E-state index contributed by atoms with van der Waals surface area (Å²) in [4.78, 5) is 64.9. The first-order chi connectivity index (χ1) is 20.7. The number of nitrogens with zero attached hydrogens (tertiary/aromatic N) is 2. The third-order valence-corrected chi connectivity index (χ3v) is 7.73. The number of allylic oxidation sites excluding steroid dienone is 1. The number of halogens is 2. The summed E-state index contributed by atoms with van der Waals surface area (Å²) in [5.74, 6) is -2.21. The molecule has 1 aromatic carbocycles. The maximum Gasteiger partial charge on any atom is 0.278 e. The van der Waals surface area contributed by atoms with Crippen LogP contribution in [0.3, 0.4) is 0 Å². The lowest BCUT2D eigenvalue weighted by Crippen LogP contribution is -2.44. The third-order valence-electron chi connectivity index (χ3n) is 7.56. The molecule has 1 saturated heterocycles. The van der Waals surface area contributed by atoms with Gasteiger partial charge in [0.05, 0.1) is 0 Å². The molecule has 0 spiro atoms. The van der Waals surface area contributed by atoms with E-state index in [0.717, 1.165) is 6.42 Å². The number of aromatic nitrogens is 2. The first-order valence-corrected chi connectivity index (χ1v) is 14.3. The number of rotatable bonds is 10. The number of pyridine rings is 1. The fourth-order valence-electron chi connectivity index (χ4n) is 5.34. The molecule has 3 unspecified atom stereocenters. The van der Waals surface area contributed by atoms with Gasteiger partial charge in [-0.15, -0.1) is 0 Å². The average Bonchev–Trinajstić information content (AvgIpc) is 3.71. The summed E-state index contributed by atoms with van der Waals surface area (Å²) in [7, 11) is 0. The lowest BCUT2D eigenvalue weighted by molar-refractivity contribution is -0.126. The van der Waals surface area contributed by atoms with Gasteiger partial charge in [0.15, 0.2) is 11.5 Å². The van der Waals surface area contributed by atoms with Crippen LogP contribution in [0.5, 0.6) is 0 Å². The summed E-state index contributed by atoms with van der Waals surface area (Å²) in [6.45, 7) is 0.529. The van der Waals surface area contributed by atoms with Gasteiger partial charge < -0.3 is 25.0 Å². The molecule has 0 bridgehead atoms. The van der Waals surface area contributed by atoms with E-state index < -0.39 is 35.3 Å². The molecule has 1 saturated carbocycles. The second-order valence-electron chi connectivity index (χ2n) is 10.5. The second-order valence-corrected chi connectivity index (χ2v) is 10.9. The van der Waals surface area contributed by atoms with Crippen LogP contribution in [0.25, 0.3) is 0 Å². The van der Waals surface area contributed by atoms with Crippen LogP contribution in [-0.4, -0.2) is 45.8 Å². The van der Waals surface area contributed by atoms with Gasteiger partial charge >= 0.3 is 0 Å². The molecule has 3 heterocycles. The normalized spacial score (nSPS) is 18.8. The summed E-state index contributed by atoms with van der Waals surface area (Å²) in [5.41, 5.74) is 0.239. The zero-order valence-corrected chi connectivity index (χ0v) is 23.7. The Labute approximate surface area is 250 Å². The third kappa shape index (κ3) is 7.26. The lowest BCUT2D eigenvalue weighted by atomic mass is 9.95. The van der Waals surface area contributed by atoms with Crippen molar-refractivity contribution < 1.29 is 28.1 Å². The molecule has 224 valence electrons. The highest BCUT2D eigenvalue weighted by Gasteiger charge is 2.31. The summed E-state index contributed by atoms with van der Waals surface area (Å²) in [6, 6.07) is 7.82. The Hall–Kier alpha value is -4.58. The predicted molar refractivity (Wildman–Crippen MR) is 154 cm³/mol. The first-order valence-electron chi connectivity index (χ1n) is 13.9. The monoisotopic (exact) mass is 609 g/mol. The SMILES string of the molecule is O=C1CCC/C1=C/C(CC1CCNC1=O)NC(=O)C(Cc1ccc(F)cc1)n1cccc(NC(=O)c2cc(Cl)on2)c1=O. The highest BCUT2D eigenvalue weighted by atomic mass is 35.5. The van der Waals surface area contributed by atoms with E-state index in [1.54, 1.807) is 6.08 Å². The molecule has 3 aromatic rings. The largest absolute Gasteiger partial charge is 0.356 e. The molecule has 13 heteroatoms. The number of hydrogen-bond donors (Lipinski definition) is 3. The van der Waals surface area contributed by atoms with E-state index in [9.17, 15) is 28.4 Å². The fraction of sp³-hybridized carbons (Fsp3) is 0.333. The molecular weight excluding hydrogens is 581 g/mol. The first kappa shape index (κ1) is 29.9. The van der Waals surface area contributed by atoms with Crippen LogP contribution in [0.1, 0.15) is 54.2 Å². The van der Waals surface area contributed by atoms with Gasteiger partial charge in [0.1, 0.15) is 17.5 Å². The lowest BCUT2D eigenvalue weighted by Gasteiger charge is -2.25. The Bertz CT molecular complexity index is 1630. The molecule has 3 N–H and O–H groups in total. The Morgan fingerprint density at radius 1 is 1.19 bits per heavy atom. The molecule has 1 aliphatic heterocycles. The van der Waals surface area contributed by atoms with E-state index in [1.807, 2.05) is 0 Å². The standard InChI is InChI=1S/C30H29ClFN5O6/c31-26-16-23(36-43-26)28(40)35-22-4-2-12-37(30(22)42)24(13-17-6-8-20(32)9-7-17)29(41)34-21(14-18-3-1-5-25(18)38)15-19-10-11-33-27(19)39/h2,4,6-9,12,14,16,19,21,24H,1,3,5,10-11,13,15H2,(H,33,39)(H,34,41)(H,35,40)/b18-14-. The van der Waals surface area contributed by atoms with E-state index in [0.29, 0.717) is 36.9 Å². The van der Waals surface area contributed by atoms with Crippen molar-refractivity contribution in [1.29, 1.82) is 0 Å². The number of carbonyl (C=O) groups is 4. The zero-order chi connectivity index (χ0) is 30.5. The van der Waals surface area contributed by atoms with Crippen molar-refractivity contribution in [1.82, 2.24) is 20.4 Å². The van der Waals surface area contributed by atoms with Gasteiger partial charge in [0, 0.05) is 43.6 Å². The van der Waals surface area contributed by atoms with Crippen LogP contribution in [-0.2, 0) is 20.8 Å². The smallest absolute Gasteiger partial charge is 0.278 e. The van der Waals surface area contributed by atoms with Gasteiger partial charge in [-0.25, -0.2) is 4.39 Å². The van der Waals surface area contributed by atoms with Crippen molar-refractivity contribution in [2.45, 2.75) is 50.6 Å². The van der Waals surface area contributed by atoms with E-state index >= 15 is 0 Å². The number of carbonyl (C=O) groups excluding carboxylic acids is 4. The molecule has 3 atom stereocenters. The number of nitrogens with one attached hydrogen (secondary N) is 3. The Morgan fingerprint density at radius 3 is 2.63 bits per heavy atom. The average molecular weight is 610 g/mol. The zero-order valence-electron chi connectivity index (χ0n) is 23.0. The number of amides is 3. The van der Waals surface area contributed by atoms with Crippen molar-refractivity contribution in [2.75, 3.05) is 11.9 Å². The number of Topliss-reactive ketones (excluding diaryl/α,β-unsaturated/α-hetero) is 1. The second kappa shape index (κ2) is 13.2. The van der Waals surface area contributed by atoms with Gasteiger partial charge in [-0.2, -0.15) is 0 Å². The van der Waals surface area contributed by atoms with Crippen molar-refractivity contribution in [2.24, 2.45) is 5.92 Å². The van der Waals surface area contributed by atoms with E-state index in [-0.39, 0.29) is 47.1 Å². The van der Waals surface area contributed by atoms with Gasteiger partial charge in [-0.3, -0.25) is 24.0 Å². The van der Waals surface area contributed by atoms with Crippen molar-refractivity contribution in [3.8, 4) is 0 Å². The quantitative estimate of drug-likeness (QED) is 0.298. The van der Waals surface area contributed by atoms with Crippen LogP contribution in [0.4, 0.5) is 10.1 Å². The number of anilines is 1. The Kier molecular flexibility index (Phi) is 9.15. The van der Waals surface area contributed by atoms with Gasteiger partial charge in [-0.1, -0.05) is 23.4 Å². The summed E-state index contributed by atoms with van der Waals surface area (Å²) in [5, 5.41) is 11.6. The molecule has 2 fully saturated rings. The van der Waals surface area contributed by atoms with Gasteiger partial charge in [0.25, 0.3) is 11.5 Å². The fourth-order valence-corrected chi connectivity index (χ4v) is 5.48. The highest BCUT2D eigenvalue weighted by Crippen LogP contribution is 2.25. The highest BCUT2D eigenvalue weighted by molar-refractivity contribution is 6.29. The predicted octanol–water partition coefficient (Wildman–Crippen LogP) is 3.36. The minimum Gasteiger partial charge on any atom is -0.356 e. The number of hydrogen-bond acceptors (Lipinski definition) is 7. The molecular formula is C30H29ClFN5O6. The van der Waals surface area contributed by atoms with Crippen molar-refractivity contribution >= 4 is 40.8 Å². The van der Waals surface area contributed by atoms with E-state index in [2.05, 4.69) is 21.1 Å². The topological polar surface area (TPSA) is 152 Å².